The second-order valence-electron chi connectivity index (χ2n) is 5.00. The van der Waals surface area contributed by atoms with Crippen molar-refractivity contribution in [3.63, 3.8) is 0 Å². The van der Waals surface area contributed by atoms with Crippen molar-refractivity contribution < 1.29 is 9.47 Å². The molecule has 0 aliphatic heterocycles. The Morgan fingerprint density at radius 1 is 0.917 bits per heavy atom. The molecule has 0 heterocycles. The van der Waals surface area contributed by atoms with Crippen LogP contribution in [0.5, 0.6) is 0 Å². The molecule has 0 rings (SSSR count). The normalized spacial score (nSPS) is 13.5. The van der Waals surface area contributed by atoms with Crippen LogP contribution in [0.25, 0.3) is 0 Å². The van der Waals surface area contributed by atoms with Gasteiger partial charge in [0, 0.05) is 12.5 Å². The summed E-state index contributed by atoms with van der Waals surface area (Å²) in [4.78, 5) is 0. The highest BCUT2D eigenvalue weighted by Crippen LogP contribution is 2.19. The van der Waals surface area contributed by atoms with Gasteiger partial charge < -0.3 is 9.47 Å². The summed E-state index contributed by atoms with van der Waals surface area (Å²) >= 11 is 0. The zero-order valence-corrected chi connectivity index (χ0v) is 9.23. The second-order valence-corrected chi connectivity index (χ2v) is 5.00. The molecule has 0 aliphatic rings. The number of hydrogen-bond acceptors (Lipinski definition) is 2. The SMILES string of the molecule is COCC(C)(C)COC(C)(C)C. The Morgan fingerprint density at radius 2 is 1.42 bits per heavy atom. The molecule has 0 saturated carbocycles. The van der Waals surface area contributed by atoms with Crippen molar-refractivity contribution in [1.82, 2.24) is 0 Å². The molecule has 12 heavy (non-hydrogen) atoms. The summed E-state index contributed by atoms with van der Waals surface area (Å²) in [5.74, 6) is 0. The third-order valence-electron chi connectivity index (χ3n) is 1.43. The largest absolute Gasteiger partial charge is 0.384 e. The molecular formula is C10H22O2. The van der Waals surface area contributed by atoms with E-state index in [1.165, 1.54) is 0 Å². The van der Waals surface area contributed by atoms with Gasteiger partial charge in [-0.15, -0.1) is 0 Å². The lowest BCUT2D eigenvalue weighted by molar-refractivity contribution is -0.0611. The van der Waals surface area contributed by atoms with Crippen LogP contribution >= 0.6 is 0 Å². The third kappa shape index (κ3) is 6.62. The van der Waals surface area contributed by atoms with Crippen LogP contribution in [-0.4, -0.2) is 25.9 Å². The van der Waals surface area contributed by atoms with Crippen molar-refractivity contribution in [2.45, 2.75) is 40.2 Å². The van der Waals surface area contributed by atoms with E-state index in [1.807, 2.05) is 0 Å². The lowest BCUT2D eigenvalue weighted by Crippen LogP contribution is -2.31. The summed E-state index contributed by atoms with van der Waals surface area (Å²) in [6.07, 6.45) is 0. The summed E-state index contributed by atoms with van der Waals surface area (Å²) in [5, 5.41) is 0. The van der Waals surface area contributed by atoms with E-state index in [4.69, 9.17) is 9.47 Å². The molecule has 0 aromatic heterocycles. The van der Waals surface area contributed by atoms with E-state index in [0.717, 1.165) is 13.2 Å². The monoisotopic (exact) mass is 174 g/mol. The van der Waals surface area contributed by atoms with E-state index in [2.05, 4.69) is 34.6 Å². The molecule has 0 bridgehead atoms. The first kappa shape index (κ1) is 11.9. The van der Waals surface area contributed by atoms with Gasteiger partial charge in [-0.05, 0) is 20.8 Å². The second kappa shape index (κ2) is 4.24. The molecule has 0 aromatic rings. The predicted octanol–water partition coefficient (Wildman–Crippen LogP) is 2.47. The molecule has 0 unspecified atom stereocenters. The minimum atomic E-state index is -0.0506. The fourth-order valence-electron chi connectivity index (χ4n) is 0.844. The van der Waals surface area contributed by atoms with Crippen molar-refractivity contribution in [3.8, 4) is 0 Å². The number of rotatable bonds is 4. The van der Waals surface area contributed by atoms with E-state index >= 15 is 0 Å². The zero-order chi connectivity index (χ0) is 9.83. The number of ether oxygens (including phenoxy) is 2. The van der Waals surface area contributed by atoms with Crippen molar-refractivity contribution >= 4 is 0 Å². The molecule has 0 saturated heterocycles. The summed E-state index contributed by atoms with van der Waals surface area (Å²) in [6.45, 7) is 12.0. The Labute approximate surface area is 76.3 Å². The molecule has 2 heteroatoms. The van der Waals surface area contributed by atoms with Gasteiger partial charge in [-0.25, -0.2) is 0 Å². The summed E-state index contributed by atoms with van der Waals surface area (Å²) in [5.41, 5.74) is 0.0625. The third-order valence-corrected chi connectivity index (χ3v) is 1.43. The van der Waals surface area contributed by atoms with E-state index < -0.39 is 0 Å². The molecule has 0 fully saturated rings. The van der Waals surface area contributed by atoms with Crippen molar-refractivity contribution in [2.75, 3.05) is 20.3 Å². The quantitative estimate of drug-likeness (QED) is 0.652. The summed E-state index contributed by atoms with van der Waals surface area (Å²) < 4.78 is 10.8. The average molecular weight is 174 g/mol. The van der Waals surface area contributed by atoms with Crippen LogP contribution in [0.4, 0.5) is 0 Å². The summed E-state index contributed by atoms with van der Waals surface area (Å²) in [7, 11) is 1.72. The van der Waals surface area contributed by atoms with Crippen molar-refractivity contribution in [2.24, 2.45) is 5.41 Å². The van der Waals surface area contributed by atoms with Gasteiger partial charge in [0.1, 0.15) is 0 Å². The van der Waals surface area contributed by atoms with Gasteiger partial charge in [0.2, 0.25) is 0 Å². The Hall–Kier alpha value is -0.0800. The van der Waals surface area contributed by atoms with Crippen molar-refractivity contribution in [3.05, 3.63) is 0 Å². The van der Waals surface area contributed by atoms with Gasteiger partial charge in [-0.2, -0.15) is 0 Å². The van der Waals surface area contributed by atoms with Gasteiger partial charge in [0.05, 0.1) is 18.8 Å². The molecule has 0 aromatic carbocycles. The molecule has 0 N–H and O–H groups in total. The van der Waals surface area contributed by atoms with E-state index in [0.29, 0.717) is 0 Å². The lowest BCUT2D eigenvalue weighted by Gasteiger charge is -2.28. The molecule has 0 atom stereocenters. The van der Waals surface area contributed by atoms with Gasteiger partial charge >= 0.3 is 0 Å². The Morgan fingerprint density at radius 3 is 1.75 bits per heavy atom. The zero-order valence-electron chi connectivity index (χ0n) is 9.23. The molecule has 74 valence electrons. The first-order valence-corrected chi connectivity index (χ1v) is 4.40. The van der Waals surface area contributed by atoms with Crippen LogP contribution in [0.1, 0.15) is 34.6 Å². The van der Waals surface area contributed by atoms with Crippen LogP contribution in [0.2, 0.25) is 0 Å². The van der Waals surface area contributed by atoms with E-state index in [9.17, 15) is 0 Å². The Kier molecular flexibility index (Phi) is 4.21. The van der Waals surface area contributed by atoms with E-state index in [1.54, 1.807) is 7.11 Å². The van der Waals surface area contributed by atoms with Gasteiger partial charge in [0.25, 0.3) is 0 Å². The van der Waals surface area contributed by atoms with Gasteiger partial charge in [-0.1, -0.05) is 13.8 Å². The highest BCUT2D eigenvalue weighted by Gasteiger charge is 2.21. The molecular weight excluding hydrogens is 152 g/mol. The first-order chi connectivity index (χ1) is 5.27. The maximum Gasteiger partial charge on any atom is 0.0598 e. The molecule has 0 spiro atoms. The van der Waals surface area contributed by atoms with Gasteiger partial charge in [0.15, 0.2) is 0 Å². The van der Waals surface area contributed by atoms with Crippen LogP contribution in [0.3, 0.4) is 0 Å². The minimum Gasteiger partial charge on any atom is -0.384 e. The topological polar surface area (TPSA) is 18.5 Å². The minimum absolute atomic E-state index is 0.0506. The maximum absolute atomic E-state index is 5.67. The van der Waals surface area contributed by atoms with Gasteiger partial charge in [-0.3, -0.25) is 0 Å². The first-order valence-electron chi connectivity index (χ1n) is 4.40. The molecule has 0 aliphatic carbocycles. The van der Waals surface area contributed by atoms with Crippen molar-refractivity contribution in [1.29, 1.82) is 0 Å². The molecule has 0 amide bonds. The van der Waals surface area contributed by atoms with Crippen LogP contribution < -0.4 is 0 Å². The lowest BCUT2D eigenvalue weighted by atomic mass is 9.96. The summed E-state index contributed by atoms with van der Waals surface area (Å²) in [6, 6.07) is 0. The smallest absolute Gasteiger partial charge is 0.0598 e. The average Bonchev–Trinajstić information content (AvgIpc) is 1.83. The van der Waals surface area contributed by atoms with Crippen LogP contribution in [0, 0.1) is 5.41 Å². The Balaban J connectivity index is 3.75. The highest BCUT2D eigenvalue weighted by atomic mass is 16.5. The number of hydrogen-bond donors (Lipinski definition) is 0. The van der Waals surface area contributed by atoms with Crippen LogP contribution in [-0.2, 0) is 9.47 Å². The fourth-order valence-corrected chi connectivity index (χ4v) is 0.844. The van der Waals surface area contributed by atoms with Crippen LogP contribution in [0.15, 0.2) is 0 Å². The predicted molar refractivity (Wildman–Crippen MR) is 51.4 cm³/mol. The highest BCUT2D eigenvalue weighted by molar-refractivity contribution is 4.69. The van der Waals surface area contributed by atoms with E-state index in [-0.39, 0.29) is 11.0 Å². The fraction of sp³-hybridized carbons (Fsp3) is 1.00. The standard InChI is InChI=1S/C10H22O2/c1-9(2,3)12-8-10(4,5)7-11-6/h7-8H2,1-6H3. The molecule has 2 nitrogen and oxygen atoms in total. The maximum atomic E-state index is 5.67. The Bertz CT molecular complexity index is 122. The number of methoxy groups -OCH3 is 1. The molecule has 0 radical (unpaired) electrons.